The molecule has 0 unspecified atom stereocenters. The maximum atomic E-state index is 5.42. The first-order valence-corrected chi connectivity index (χ1v) is 3.74. The van der Waals surface area contributed by atoms with Gasteiger partial charge in [0.25, 0.3) is 0 Å². The zero-order chi connectivity index (χ0) is 6.95. The van der Waals surface area contributed by atoms with Crippen LogP contribution in [0.15, 0.2) is 12.2 Å². The van der Waals surface area contributed by atoms with Crippen LogP contribution in [0.1, 0.15) is 13.3 Å². The Morgan fingerprint density at radius 3 is 2.78 bits per heavy atom. The summed E-state index contributed by atoms with van der Waals surface area (Å²) in [5, 5.41) is 0. The zero-order valence-corrected chi connectivity index (χ0v) is 6.53. The lowest BCUT2D eigenvalue weighted by Crippen LogP contribution is -1.87. The van der Waals surface area contributed by atoms with Gasteiger partial charge in [-0.1, -0.05) is 12.2 Å². The third-order valence-corrected chi connectivity index (χ3v) is 1.08. The molecule has 0 aliphatic heterocycles. The lowest BCUT2D eigenvalue weighted by atomic mass is 10.4. The van der Waals surface area contributed by atoms with Crippen molar-refractivity contribution >= 4 is 11.6 Å². The van der Waals surface area contributed by atoms with Gasteiger partial charge in [0.1, 0.15) is 0 Å². The number of allylic oxidation sites excluding steroid dienone is 1. The van der Waals surface area contributed by atoms with Gasteiger partial charge in [-0.3, -0.25) is 0 Å². The monoisotopic (exact) mass is 148 g/mol. The third-order valence-electron chi connectivity index (χ3n) is 0.861. The average molecular weight is 149 g/mol. The van der Waals surface area contributed by atoms with E-state index in [0.717, 1.165) is 13.0 Å². The Morgan fingerprint density at radius 2 is 2.22 bits per heavy atom. The Bertz CT molecular complexity index is 71.3. The largest absolute Gasteiger partial charge is 0.378 e. The molecular formula is C7H13ClO. The average Bonchev–Trinajstić information content (AvgIpc) is 1.89. The summed E-state index contributed by atoms with van der Waals surface area (Å²) in [6.07, 6.45) is 4.96. The van der Waals surface area contributed by atoms with Crippen molar-refractivity contribution < 1.29 is 4.74 Å². The van der Waals surface area contributed by atoms with Crippen molar-refractivity contribution in [1.82, 2.24) is 0 Å². The lowest BCUT2D eigenvalue weighted by Gasteiger charge is -1.91. The van der Waals surface area contributed by atoms with E-state index in [4.69, 9.17) is 16.3 Å². The van der Waals surface area contributed by atoms with Crippen LogP contribution in [0.5, 0.6) is 0 Å². The van der Waals surface area contributed by atoms with E-state index in [1.165, 1.54) is 0 Å². The van der Waals surface area contributed by atoms with Crippen LogP contribution in [0.25, 0.3) is 0 Å². The Balaban J connectivity index is 2.86. The first-order chi connectivity index (χ1) is 4.41. The minimum atomic E-state index is 0.697. The van der Waals surface area contributed by atoms with Crippen molar-refractivity contribution in [2.24, 2.45) is 0 Å². The van der Waals surface area contributed by atoms with Gasteiger partial charge in [-0.2, -0.15) is 0 Å². The summed E-state index contributed by atoms with van der Waals surface area (Å²) in [5.74, 6) is 0.697. The fraction of sp³-hybridized carbons (Fsp3) is 0.714. The van der Waals surface area contributed by atoms with Gasteiger partial charge in [0.05, 0.1) is 6.61 Å². The van der Waals surface area contributed by atoms with Crippen LogP contribution in [0.2, 0.25) is 0 Å². The minimum Gasteiger partial charge on any atom is -0.378 e. The first-order valence-electron chi connectivity index (χ1n) is 3.20. The van der Waals surface area contributed by atoms with E-state index in [-0.39, 0.29) is 0 Å². The SMILES string of the molecule is CCOCC=CCCCl. The fourth-order valence-corrected chi connectivity index (χ4v) is 0.561. The molecule has 1 nitrogen and oxygen atoms in total. The molecule has 0 heterocycles. The van der Waals surface area contributed by atoms with Crippen molar-refractivity contribution in [3.05, 3.63) is 12.2 Å². The standard InChI is InChI=1S/C7H13ClO/c1-2-9-7-5-3-4-6-8/h3,5H,2,4,6-7H2,1H3. The van der Waals surface area contributed by atoms with Gasteiger partial charge >= 0.3 is 0 Å². The van der Waals surface area contributed by atoms with Gasteiger partial charge in [-0.05, 0) is 13.3 Å². The molecule has 9 heavy (non-hydrogen) atoms. The maximum absolute atomic E-state index is 5.42. The molecule has 0 aromatic carbocycles. The molecular weight excluding hydrogens is 136 g/mol. The second-order valence-electron chi connectivity index (χ2n) is 1.61. The highest BCUT2D eigenvalue weighted by molar-refractivity contribution is 6.17. The normalized spacial score (nSPS) is 10.9. The van der Waals surface area contributed by atoms with Crippen LogP contribution in [-0.4, -0.2) is 19.1 Å². The second kappa shape index (κ2) is 7.99. The molecule has 0 aromatic heterocycles. The van der Waals surface area contributed by atoms with Crippen LogP contribution >= 0.6 is 11.6 Å². The van der Waals surface area contributed by atoms with Crippen LogP contribution in [0.4, 0.5) is 0 Å². The second-order valence-corrected chi connectivity index (χ2v) is 1.99. The minimum absolute atomic E-state index is 0.697. The topological polar surface area (TPSA) is 9.23 Å². The van der Waals surface area contributed by atoms with Gasteiger partial charge in [0.2, 0.25) is 0 Å². The zero-order valence-electron chi connectivity index (χ0n) is 5.77. The molecule has 0 radical (unpaired) electrons. The summed E-state index contributed by atoms with van der Waals surface area (Å²) in [5.41, 5.74) is 0. The number of hydrogen-bond donors (Lipinski definition) is 0. The van der Waals surface area contributed by atoms with Crippen molar-refractivity contribution in [3.8, 4) is 0 Å². The lowest BCUT2D eigenvalue weighted by molar-refractivity contribution is 0.177. The first kappa shape index (κ1) is 8.99. The van der Waals surface area contributed by atoms with Crippen LogP contribution in [0.3, 0.4) is 0 Å². The Kier molecular flexibility index (Phi) is 7.98. The Hall–Kier alpha value is -0.0100. The Morgan fingerprint density at radius 1 is 1.44 bits per heavy atom. The molecule has 54 valence electrons. The highest BCUT2D eigenvalue weighted by atomic mass is 35.5. The highest BCUT2D eigenvalue weighted by Gasteiger charge is 1.75. The van der Waals surface area contributed by atoms with E-state index in [9.17, 15) is 0 Å². The summed E-state index contributed by atoms with van der Waals surface area (Å²) < 4.78 is 5.05. The van der Waals surface area contributed by atoms with Crippen molar-refractivity contribution in [2.45, 2.75) is 13.3 Å². The molecule has 0 amide bonds. The number of ether oxygens (including phenoxy) is 1. The van der Waals surface area contributed by atoms with E-state index < -0.39 is 0 Å². The van der Waals surface area contributed by atoms with Gasteiger partial charge in [0, 0.05) is 12.5 Å². The van der Waals surface area contributed by atoms with Gasteiger partial charge in [-0.15, -0.1) is 11.6 Å². The molecule has 0 aliphatic rings. The van der Waals surface area contributed by atoms with Crippen LogP contribution in [-0.2, 0) is 4.74 Å². The maximum Gasteiger partial charge on any atom is 0.0647 e. The molecule has 0 aliphatic carbocycles. The highest BCUT2D eigenvalue weighted by Crippen LogP contribution is 1.86. The van der Waals surface area contributed by atoms with E-state index in [2.05, 4.69) is 0 Å². The van der Waals surface area contributed by atoms with Gasteiger partial charge < -0.3 is 4.74 Å². The Labute approximate surface area is 61.7 Å². The summed E-state index contributed by atoms with van der Waals surface area (Å²) in [7, 11) is 0. The van der Waals surface area contributed by atoms with Gasteiger partial charge in [-0.25, -0.2) is 0 Å². The molecule has 0 atom stereocenters. The predicted molar refractivity (Wildman–Crippen MR) is 41.0 cm³/mol. The quantitative estimate of drug-likeness (QED) is 0.330. The van der Waals surface area contributed by atoms with Gasteiger partial charge in [0.15, 0.2) is 0 Å². The van der Waals surface area contributed by atoms with Crippen molar-refractivity contribution in [3.63, 3.8) is 0 Å². The predicted octanol–water partition coefficient (Wildman–Crippen LogP) is 2.21. The summed E-state index contributed by atoms with van der Waals surface area (Å²) in [6, 6.07) is 0. The molecule has 0 saturated carbocycles. The smallest absolute Gasteiger partial charge is 0.0647 e. The molecule has 0 saturated heterocycles. The number of hydrogen-bond acceptors (Lipinski definition) is 1. The molecule has 0 bridgehead atoms. The molecule has 2 heteroatoms. The fourth-order valence-electron chi connectivity index (χ4n) is 0.435. The van der Waals surface area contributed by atoms with E-state index in [0.29, 0.717) is 12.5 Å². The summed E-state index contributed by atoms with van der Waals surface area (Å²) in [4.78, 5) is 0. The van der Waals surface area contributed by atoms with E-state index in [1.54, 1.807) is 0 Å². The summed E-state index contributed by atoms with van der Waals surface area (Å²) in [6.45, 7) is 3.48. The van der Waals surface area contributed by atoms with E-state index >= 15 is 0 Å². The molecule has 0 fully saturated rings. The van der Waals surface area contributed by atoms with Crippen LogP contribution < -0.4 is 0 Å². The van der Waals surface area contributed by atoms with Crippen molar-refractivity contribution in [1.29, 1.82) is 0 Å². The molecule has 0 rings (SSSR count). The van der Waals surface area contributed by atoms with Crippen molar-refractivity contribution in [2.75, 3.05) is 19.1 Å². The third kappa shape index (κ3) is 7.99. The van der Waals surface area contributed by atoms with E-state index in [1.807, 2.05) is 19.1 Å². The molecule has 0 spiro atoms. The number of halogens is 1. The number of alkyl halides is 1. The molecule has 0 aromatic rings. The molecule has 0 N–H and O–H groups in total. The van der Waals surface area contributed by atoms with Crippen LogP contribution in [0, 0.1) is 0 Å². The summed E-state index contributed by atoms with van der Waals surface area (Å²) >= 11 is 5.42. The number of rotatable bonds is 5.